The Hall–Kier alpha value is -1.47. The van der Waals surface area contributed by atoms with E-state index in [-0.39, 0.29) is 17.2 Å². The topological polar surface area (TPSA) is 92.5 Å². The summed E-state index contributed by atoms with van der Waals surface area (Å²) in [5.41, 5.74) is -0.800. The fraction of sp³-hybridized carbons (Fsp3) is 0.500. The number of rotatable bonds is 4. The lowest BCUT2D eigenvalue weighted by atomic mass is 10.1. The minimum atomic E-state index is -0.746. The summed E-state index contributed by atoms with van der Waals surface area (Å²) >= 11 is 1.07. The normalized spacial score (nSPS) is 11.3. The van der Waals surface area contributed by atoms with Crippen molar-refractivity contribution in [2.24, 2.45) is 0 Å². The number of aryl methyl sites for hydroxylation is 1. The molecule has 7 heteroatoms. The van der Waals surface area contributed by atoms with Crippen LogP contribution in [-0.2, 0) is 0 Å². The second kappa shape index (κ2) is 4.80. The third kappa shape index (κ3) is 3.24. The number of carbonyl (C=O) groups is 1. The van der Waals surface area contributed by atoms with E-state index in [1.807, 2.05) is 0 Å². The van der Waals surface area contributed by atoms with E-state index in [0.717, 1.165) is 11.3 Å². The third-order valence-corrected chi connectivity index (χ3v) is 3.20. The molecule has 1 aromatic rings. The van der Waals surface area contributed by atoms with Crippen LogP contribution in [0.1, 0.15) is 28.4 Å². The predicted octanol–water partition coefficient (Wildman–Crippen LogP) is 1.47. The molecule has 0 aliphatic carbocycles. The lowest BCUT2D eigenvalue weighted by Gasteiger charge is -2.22. The van der Waals surface area contributed by atoms with Gasteiger partial charge in [-0.25, -0.2) is 0 Å². The van der Waals surface area contributed by atoms with Crippen molar-refractivity contribution in [1.82, 2.24) is 5.32 Å². The van der Waals surface area contributed by atoms with Crippen molar-refractivity contribution in [2.75, 3.05) is 6.61 Å². The molecule has 94 valence electrons. The maximum absolute atomic E-state index is 11.8. The highest BCUT2D eigenvalue weighted by molar-refractivity contribution is 7.14. The van der Waals surface area contributed by atoms with Gasteiger partial charge >= 0.3 is 0 Å². The molecule has 0 aliphatic rings. The van der Waals surface area contributed by atoms with Crippen molar-refractivity contribution in [1.29, 1.82) is 0 Å². The average molecular weight is 258 g/mol. The number of hydrogen-bond acceptors (Lipinski definition) is 5. The number of carbonyl (C=O) groups excluding carboxylic acids is 1. The van der Waals surface area contributed by atoms with E-state index >= 15 is 0 Å². The fourth-order valence-corrected chi connectivity index (χ4v) is 2.06. The first kappa shape index (κ1) is 13.6. The number of aliphatic hydroxyl groups excluding tert-OH is 1. The molecule has 17 heavy (non-hydrogen) atoms. The first-order chi connectivity index (χ1) is 7.76. The zero-order valence-electron chi connectivity index (χ0n) is 9.81. The molecule has 0 aliphatic heterocycles. The molecule has 1 amide bonds. The number of nitro groups is 1. The summed E-state index contributed by atoms with van der Waals surface area (Å²) in [6, 6.07) is 1.25. The third-order valence-electron chi connectivity index (χ3n) is 2.16. The smallest absolute Gasteiger partial charge is 0.283 e. The summed E-state index contributed by atoms with van der Waals surface area (Å²) in [7, 11) is 0. The highest BCUT2D eigenvalue weighted by Gasteiger charge is 2.24. The number of hydrogen-bond donors (Lipinski definition) is 2. The molecule has 0 saturated carbocycles. The standard InChI is InChI=1S/C10H14N2O4S/c1-6-7(12(15)16)4-8(17-6)9(14)11-10(2,3)5-13/h4,13H,5H2,1-3H3,(H,11,14). The zero-order valence-corrected chi connectivity index (χ0v) is 10.6. The van der Waals surface area contributed by atoms with Crippen LogP contribution < -0.4 is 5.32 Å². The van der Waals surface area contributed by atoms with Crippen molar-refractivity contribution < 1.29 is 14.8 Å². The lowest BCUT2D eigenvalue weighted by molar-refractivity contribution is -0.385. The first-order valence-corrected chi connectivity index (χ1v) is 5.76. The summed E-state index contributed by atoms with van der Waals surface area (Å²) in [5, 5.41) is 22.3. The van der Waals surface area contributed by atoms with Gasteiger partial charge in [-0.15, -0.1) is 11.3 Å². The van der Waals surface area contributed by atoms with Crippen LogP contribution in [0.25, 0.3) is 0 Å². The minimum Gasteiger partial charge on any atom is -0.394 e. The molecular formula is C10H14N2O4S. The second-order valence-electron chi connectivity index (χ2n) is 4.31. The fourth-order valence-electron chi connectivity index (χ4n) is 1.17. The van der Waals surface area contributed by atoms with E-state index in [4.69, 9.17) is 5.11 Å². The number of nitrogens with one attached hydrogen (secondary N) is 1. The molecule has 2 N–H and O–H groups in total. The maximum atomic E-state index is 11.8. The van der Waals surface area contributed by atoms with Gasteiger partial charge in [0.25, 0.3) is 11.6 Å². The first-order valence-electron chi connectivity index (χ1n) is 4.95. The van der Waals surface area contributed by atoms with Crippen molar-refractivity contribution in [2.45, 2.75) is 26.3 Å². The van der Waals surface area contributed by atoms with Gasteiger partial charge in [0.2, 0.25) is 0 Å². The van der Waals surface area contributed by atoms with E-state index < -0.39 is 16.4 Å². The molecule has 0 saturated heterocycles. The van der Waals surface area contributed by atoms with E-state index in [2.05, 4.69) is 5.32 Å². The summed E-state index contributed by atoms with van der Waals surface area (Å²) in [6.45, 7) is 4.72. The van der Waals surface area contributed by atoms with Gasteiger partial charge in [-0.05, 0) is 20.8 Å². The summed E-state index contributed by atoms with van der Waals surface area (Å²) in [4.78, 5) is 22.7. The molecule has 1 aromatic heterocycles. The van der Waals surface area contributed by atoms with E-state index in [0.29, 0.717) is 4.88 Å². The van der Waals surface area contributed by atoms with Gasteiger partial charge in [0, 0.05) is 6.07 Å². The van der Waals surface area contributed by atoms with Gasteiger partial charge in [-0.3, -0.25) is 14.9 Å². The number of amides is 1. The van der Waals surface area contributed by atoms with Crippen LogP contribution in [0.4, 0.5) is 5.69 Å². The van der Waals surface area contributed by atoms with Gasteiger partial charge in [0.1, 0.15) is 0 Å². The van der Waals surface area contributed by atoms with Crippen molar-refractivity contribution in [3.63, 3.8) is 0 Å². The molecule has 0 atom stereocenters. The van der Waals surface area contributed by atoms with Crippen LogP contribution in [0.2, 0.25) is 0 Å². The molecule has 1 rings (SSSR count). The predicted molar refractivity (Wildman–Crippen MR) is 64.3 cm³/mol. The summed E-state index contributed by atoms with van der Waals surface area (Å²) < 4.78 is 0. The Bertz CT molecular complexity index is 453. The molecule has 0 unspecified atom stereocenters. The Morgan fingerprint density at radius 1 is 1.65 bits per heavy atom. The van der Waals surface area contributed by atoms with E-state index in [1.54, 1.807) is 20.8 Å². The summed E-state index contributed by atoms with van der Waals surface area (Å²) in [5.74, 6) is -0.412. The van der Waals surface area contributed by atoms with Crippen LogP contribution in [0.15, 0.2) is 6.07 Å². The Morgan fingerprint density at radius 3 is 2.65 bits per heavy atom. The van der Waals surface area contributed by atoms with E-state index in [1.165, 1.54) is 6.07 Å². The highest BCUT2D eigenvalue weighted by atomic mass is 32.1. The van der Waals surface area contributed by atoms with Gasteiger partial charge in [-0.1, -0.05) is 0 Å². The van der Waals surface area contributed by atoms with Crippen LogP contribution in [0.5, 0.6) is 0 Å². The zero-order chi connectivity index (χ0) is 13.2. The van der Waals surface area contributed by atoms with E-state index in [9.17, 15) is 14.9 Å². The maximum Gasteiger partial charge on any atom is 0.283 e. The highest BCUT2D eigenvalue weighted by Crippen LogP contribution is 2.28. The van der Waals surface area contributed by atoms with Crippen molar-refractivity contribution in [3.05, 3.63) is 25.9 Å². The van der Waals surface area contributed by atoms with Crippen LogP contribution in [-0.4, -0.2) is 28.1 Å². The largest absolute Gasteiger partial charge is 0.394 e. The molecule has 1 heterocycles. The van der Waals surface area contributed by atoms with Gasteiger partial charge in [0.05, 0.1) is 26.8 Å². The molecule has 0 radical (unpaired) electrons. The Morgan fingerprint density at radius 2 is 2.24 bits per heavy atom. The quantitative estimate of drug-likeness (QED) is 0.631. The molecule has 0 bridgehead atoms. The Balaban J connectivity index is 2.91. The molecule has 0 aromatic carbocycles. The van der Waals surface area contributed by atoms with Gasteiger partial charge in [0.15, 0.2) is 0 Å². The molecule has 0 spiro atoms. The molecular weight excluding hydrogens is 244 g/mol. The van der Waals surface area contributed by atoms with Gasteiger partial charge < -0.3 is 10.4 Å². The average Bonchev–Trinajstić information content (AvgIpc) is 2.60. The minimum absolute atomic E-state index is 0.0537. The number of nitrogens with zero attached hydrogens (tertiary/aromatic N) is 1. The Kier molecular flexibility index (Phi) is 3.84. The SMILES string of the molecule is Cc1sc(C(=O)NC(C)(C)CO)cc1[N+](=O)[O-]. The van der Waals surface area contributed by atoms with Crippen molar-refractivity contribution in [3.8, 4) is 0 Å². The monoisotopic (exact) mass is 258 g/mol. The van der Waals surface area contributed by atoms with Crippen LogP contribution in [0, 0.1) is 17.0 Å². The van der Waals surface area contributed by atoms with Gasteiger partial charge in [-0.2, -0.15) is 0 Å². The van der Waals surface area contributed by atoms with Crippen LogP contribution >= 0.6 is 11.3 Å². The van der Waals surface area contributed by atoms with Crippen LogP contribution in [0.3, 0.4) is 0 Å². The number of aliphatic hydroxyl groups is 1. The molecule has 0 fully saturated rings. The summed E-state index contributed by atoms with van der Waals surface area (Å²) in [6.07, 6.45) is 0. The second-order valence-corrected chi connectivity index (χ2v) is 5.56. The molecule has 6 nitrogen and oxygen atoms in total. The number of thiophene rings is 1. The van der Waals surface area contributed by atoms with Crippen molar-refractivity contribution >= 4 is 22.9 Å². The lowest BCUT2D eigenvalue weighted by Crippen LogP contribution is -2.46. The Labute approximate surface area is 102 Å².